The fourth-order valence-corrected chi connectivity index (χ4v) is 4.76. The van der Waals surface area contributed by atoms with Gasteiger partial charge in [0.25, 0.3) is 0 Å². The number of aldehydes is 1. The molecule has 220 valence electrons. The van der Waals surface area contributed by atoms with E-state index >= 15 is 0 Å². The summed E-state index contributed by atoms with van der Waals surface area (Å²) in [4.78, 5) is 20.9. The van der Waals surface area contributed by atoms with Crippen molar-refractivity contribution in [3.8, 4) is 5.75 Å². The Morgan fingerprint density at radius 1 is 0.878 bits per heavy atom. The van der Waals surface area contributed by atoms with Crippen LogP contribution >= 0.6 is 23.2 Å². The molecule has 6 heteroatoms. The molecule has 0 bridgehead atoms. The third-order valence-electron chi connectivity index (χ3n) is 6.79. The van der Waals surface area contributed by atoms with E-state index in [0.717, 1.165) is 12.0 Å². The molecule has 1 aliphatic rings. The molecule has 0 saturated heterocycles. The molecular weight excluding hydrogens is 555 g/mol. The standard InChI is InChI=1S/C17H24O.C8H7ClO2.C7H5ClO.C3H6/c1-4-14(2)17(11-6-5-7-12-17)15-9-8-10-16(13-15)18-3;1-11-8(10)6-2-4-7(9)5-3-6;8-7-3-1-6(5-9)2-4-7;1-3-2/h4,8-10,13H,5-7,11-12H2,1-3H3;2-5H,1H3;1-5H;3H,1H2,2H3/b14-4+;;;. The van der Waals surface area contributed by atoms with Crippen LogP contribution in [0.3, 0.4) is 0 Å². The molecule has 0 aromatic heterocycles. The number of carbonyl (C=O) groups excluding carboxylic acids is 2. The van der Waals surface area contributed by atoms with E-state index < -0.39 is 0 Å². The van der Waals surface area contributed by atoms with Crippen LogP contribution in [-0.2, 0) is 10.2 Å². The molecule has 0 N–H and O–H groups in total. The molecular formula is C35H42Cl2O4. The second-order valence-corrected chi connectivity index (χ2v) is 10.3. The van der Waals surface area contributed by atoms with Gasteiger partial charge in [-0.3, -0.25) is 4.79 Å². The number of hydrogen-bond donors (Lipinski definition) is 0. The molecule has 0 aliphatic heterocycles. The predicted octanol–water partition coefficient (Wildman–Crippen LogP) is 10.3. The average molecular weight is 598 g/mol. The third kappa shape index (κ3) is 12.0. The first-order chi connectivity index (χ1) is 19.7. The maximum Gasteiger partial charge on any atom is 0.337 e. The summed E-state index contributed by atoms with van der Waals surface area (Å²) in [5.74, 6) is 0.628. The zero-order valence-corrected chi connectivity index (χ0v) is 26.3. The minimum atomic E-state index is -0.346. The summed E-state index contributed by atoms with van der Waals surface area (Å²) in [6.45, 7) is 9.69. The van der Waals surface area contributed by atoms with Gasteiger partial charge in [0.05, 0.1) is 19.8 Å². The van der Waals surface area contributed by atoms with Crippen molar-refractivity contribution in [3.63, 3.8) is 0 Å². The van der Waals surface area contributed by atoms with Crippen LogP contribution in [-0.4, -0.2) is 26.5 Å². The van der Waals surface area contributed by atoms with Crippen LogP contribution in [0.15, 0.2) is 97.1 Å². The molecule has 0 radical (unpaired) electrons. The van der Waals surface area contributed by atoms with Gasteiger partial charge in [0.15, 0.2) is 0 Å². The van der Waals surface area contributed by atoms with E-state index in [2.05, 4.69) is 49.4 Å². The van der Waals surface area contributed by atoms with E-state index in [-0.39, 0.29) is 11.4 Å². The van der Waals surface area contributed by atoms with Gasteiger partial charge in [0.2, 0.25) is 0 Å². The van der Waals surface area contributed by atoms with Gasteiger partial charge < -0.3 is 9.47 Å². The first-order valence-corrected chi connectivity index (χ1v) is 14.4. The molecule has 4 rings (SSSR count). The second-order valence-electron chi connectivity index (χ2n) is 9.42. The lowest BCUT2D eigenvalue weighted by atomic mass is 9.65. The number of methoxy groups -OCH3 is 2. The molecule has 3 aromatic carbocycles. The molecule has 1 aliphatic carbocycles. The summed E-state index contributed by atoms with van der Waals surface area (Å²) in [5.41, 5.74) is 4.35. The van der Waals surface area contributed by atoms with E-state index in [4.69, 9.17) is 27.9 Å². The first kappa shape index (κ1) is 35.7. The second kappa shape index (κ2) is 19.7. The maximum atomic E-state index is 10.9. The summed E-state index contributed by atoms with van der Waals surface area (Å²) < 4.78 is 9.88. The highest BCUT2D eigenvalue weighted by Gasteiger charge is 2.35. The van der Waals surface area contributed by atoms with Gasteiger partial charge in [-0.05, 0) is 87.7 Å². The highest BCUT2D eigenvalue weighted by atomic mass is 35.5. The molecule has 0 spiro atoms. The van der Waals surface area contributed by atoms with Crippen LogP contribution in [0, 0.1) is 0 Å². The summed E-state index contributed by atoms with van der Waals surface area (Å²) in [5, 5.41) is 1.26. The number of halogens is 2. The Hall–Kier alpha value is -3.34. The predicted molar refractivity (Wildman–Crippen MR) is 173 cm³/mol. The number of allylic oxidation sites excluding steroid dienone is 3. The zero-order chi connectivity index (χ0) is 30.7. The van der Waals surface area contributed by atoms with Crippen LogP contribution in [0.1, 0.15) is 79.2 Å². The first-order valence-electron chi connectivity index (χ1n) is 13.6. The number of rotatable bonds is 5. The Morgan fingerprint density at radius 2 is 1.41 bits per heavy atom. The zero-order valence-electron chi connectivity index (χ0n) is 24.8. The van der Waals surface area contributed by atoms with Gasteiger partial charge in [0.1, 0.15) is 12.0 Å². The van der Waals surface area contributed by atoms with Gasteiger partial charge in [-0.25, -0.2) is 4.79 Å². The van der Waals surface area contributed by atoms with Crippen LogP contribution in [0.5, 0.6) is 5.75 Å². The molecule has 4 nitrogen and oxygen atoms in total. The van der Waals surface area contributed by atoms with Crippen molar-refractivity contribution in [2.45, 2.75) is 58.3 Å². The Bertz CT molecular complexity index is 1230. The average Bonchev–Trinajstić information content (AvgIpc) is 3.02. The normalized spacial score (nSPS) is 13.4. The van der Waals surface area contributed by atoms with Crippen LogP contribution in [0.4, 0.5) is 0 Å². The van der Waals surface area contributed by atoms with Crippen molar-refractivity contribution < 1.29 is 19.1 Å². The molecule has 0 unspecified atom stereocenters. The number of carbonyl (C=O) groups is 2. The Balaban J connectivity index is 0.000000313. The minimum Gasteiger partial charge on any atom is -0.497 e. The minimum absolute atomic E-state index is 0.252. The topological polar surface area (TPSA) is 52.6 Å². The van der Waals surface area contributed by atoms with Crippen molar-refractivity contribution in [1.29, 1.82) is 0 Å². The Morgan fingerprint density at radius 3 is 1.88 bits per heavy atom. The molecule has 1 saturated carbocycles. The van der Waals surface area contributed by atoms with Gasteiger partial charge in [-0.2, -0.15) is 0 Å². The van der Waals surface area contributed by atoms with E-state index in [1.54, 1.807) is 61.7 Å². The maximum absolute atomic E-state index is 10.9. The van der Waals surface area contributed by atoms with Crippen LogP contribution in [0.25, 0.3) is 0 Å². The Kier molecular flexibility index (Phi) is 17.1. The van der Waals surface area contributed by atoms with Gasteiger partial charge >= 0.3 is 5.97 Å². The van der Waals surface area contributed by atoms with E-state index in [9.17, 15) is 9.59 Å². The fraction of sp³-hybridized carbons (Fsp3) is 0.314. The highest BCUT2D eigenvalue weighted by molar-refractivity contribution is 6.30. The summed E-state index contributed by atoms with van der Waals surface area (Å²) in [6.07, 6.45) is 11.4. The molecule has 0 amide bonds. The van der Waals surface area contributed by atoms with Crippen LogP contribution in [0.2, 0.25) is 10.0 Å². The number of esters is 1. The number of ether oxygens (including phenoxy) is 2. The fourth-order valence-electron chi connectivity index (χ4n) is 4.51. The van der Waals surface area contributed by atoms with Gasteiger partial charge in [-0.1, -0.05) is 84.5 Å². The van der Waals surface area contributed by atoms with Gasteiger partial charge in [0, 0.05) is 21.0 Å². The Labute approximate surface area is 256 Å². The molecule has 0 atom stereocenters. The number of benzene rings is 3. The highest BCUT2D eigenvalue weighted by Crippen LogP contribution is 2.45. The van der Waals surface area contributed by atoms with Crippen molar-refractivity contribution in [2.24, 2.45) is 0 Å². The quantitative estimate of drug-likeness (QED) is 0.167. The molecule has 1 fully saturated rings. The lowest BCUT2D eigenvalue weighted by Gasteiger charge is -2.39. The van der Waals surface area contributed by atoms with Crippen molar-refractivity contribution in [3.05, 3.63) is 124 Å². The number of hydrogen-bond acceptors (Lipinski definition) is 4. The van der Waals surface area contributed by atoms with Crippen molar-refractivity contribution >= 4 is 35.5 Å². The largest absolute Gasteiger partial charge is 0.497 e. The molecule has 41 heavy (non-hydrogen) atoms. The summed E-state index contributed by atoms with van der Waals surface area (Å²) in [6, 6.07) is 21.9. The third-order valence-corrected chi connectivity index (χ3v) is 7.29. The lowest BCUT2D eigenvalue weighted by molar-refractivity contribution is 0.0600. The summed E-state index contributed by atoms with van der Waals surface area (Å²) >= 11 is 11.2. The summed E-state index contributed by atoms with van der Waals surface area (Å²) in [7, 11) is 3.09. The lowest BCUT2D eigenvalue weighted by Crippen LogP contribution is -2.30. The van der Waals surface area contributed by atoms with Crippen molar-refractivity contribution in [2.75, 3.05) is 14.2 Å². The monoisotopic (exact) mass is 596 g/mol. The SMILES string of the molecule is C/C=C(\C)C1(c2cccc(OC)c2)CCCCC1.C=CC.COC(=O)c1ccc(Cl)cc1.O=Cc1ccc(Cl)cc1. The molecule has 0 heterocycles. The van der Waals surface area contributed by atoms with Crippen molar-refractivity contribution in [1.82, 2.24) is 0 Å². The van der Waals surface area contributed by atoms with E-state index in [1.165, 1.54) is 50.4 Å². The van der Waals surface area contributed by atoms with E-state index in [1.807, 2.05) is 13.0 Å². The molecule has 3 aromatic rings. The van der Waals surface area contributed by atoms with E-state index in [0.29, 0.717) is 21.2 Å². The van der Waals surface area contributed by atoms with Crippen LogP contribution < -0.4 is 4.74 Å². The smallest absolute Gasteiger partial charge is 0.337 e. The van der Waals surface area contributed by atoms with Gasteiger partial charge in [-0.15, -0.1) is 6.58 Å².